The monoisotopic (exact) mass is 357 g/mol. The van der Waals surface area contributed by atoms with Crippen LogP contribution in [0.4, 0.5) is 0 Å². The number of halogens is 1. The van der Waals surface area contributed by atoms with Gasteiger partial charge in [-0.2, -0.15) is 11.8 Å². The van der Waals surface area contributed by atoms with Crippen LogP contribution in [0, 0.1) is 5.92 Å². The summed E-state index contributed by atoms with van der Waals surface area (Å²) in [6, 6.07) is 0.615. The molecule has 0 saturated heterocycles. The van der Waals surface area contributed by atoms with Crippen molar-refractivity contribution in [1.82, 2.24) is 5.32 Å². The van der Waals surface area contributed by atoms with E-state index in [1.54, 1.807) is 0 Å². The first-order valence-corrected chi connectivity index (χ1v) is 6.98. The van der Waals surface area contributed by atoms with Crippen molar-refractivity contribution >= 4 is 41.7 Å². The summed E-state index contributed by atoms with van der Waals surface area (Å²) in [5.74, 6) is 3.87. The van der Waals surface area contributed by atoms with Gasteiger partial charge in [0, 0.05) is 12.6 Å². The fourth-order valence-electron chi connectivity index (χ4n) is 1.17. The van der Waals surface area contributed by atoms with Gasteiger partial charge in [-0.15, -0.1) is 24.0 Å². The number of guanidine groups is 1. The number of hydrogen-bond acceptors (Lipinski definition) is 2. The molecule has 0 radical (unpaired) electrons. The van der Waals surface area contributed by atoms with Crippen molar-refractivity contribution in [2.45, 2.75) is 39.2 Å². The molecule has 0 amide bonds. The molecule has 0 aromatic heterocycles. The van der Waals surface area contributed by atoms with Gasteiger partial charge in [0.2, 0.25) is 0 Å². The van der Waals surface area contributed by atoms with Gasteiger partial charge >= 0.3 is 0 Å². The van der Waals surface area contributed by atoms with E-state index in [0.717, 1.165) is 18.9 Å². The molecule has 0 aliphatic heterocycles. The highest BCUT2D eigenvalue weighted by molar-refractivity contribution is 14.0. The number of aliphatic imine (C=N–C) groups is 1. The van der Waals surface area contributed by atoms with Crippen molar-refractivity contribution in [3.63, 3.8) is 0 Å². The first-order valence-electron chi connectivity index (χ1n) is 5.82. The first kappa shape index (κ1) is 16.4. The van der Waals surface area contributed by atoms with Crippen molar-refractivity contribution < 1.29 is 0 Å². The van der Waals surface area contributed by atoms with Crippen LogP contribution in [0.15, 0.2) is 4.99 Å². The molecule has 1 fully saturated rings. The fourth-order valence-corrected chi connectivity index (χ4v) is 2.14. The van der Waals surface area contributed by atoms with Crippen LogP contribution in [-0.2, 0) is 0 Å². The molecule has 0 heterocycles. The Morgan fingerprint density at radius 1 is 1.50 bits per heavy atom. The summed E-state index contributed by atoms with van der Waals surface area (Å²) in [7, 11) is 0. The van der Waals surface area contributed by atoms with Gasteiger partial charge in [-0.3, -0.25) is 4.99 Å². The lowest BCUT2D eigenvalue weighted by Gasteiger charge is -2.04. The Balaban J connectivity index is 0.00000225. The maximum Gasteiger partial charge on any atom is 0.188 e. The van der Waals surface area contributed by atoms with E-state index in [0.29, 0.717) is 12.0 Å². The minimum atomic E-state index is 0. The molecule has 96 valence electrons. The van der Waals surface area contributed by atoms with Gasteiger partial charge in [-0.05, 0) is 36.7 Å². The molecular formula is C11H24IN3S. The van der Waals surface area contributed by atoms with Crippen LogP contribution >= 0.6 is 35.7 Å². The fraction of sp³-hybridized carbons (Fsp3) is 0.909. The highest BCUT2D eigenvalue weighted by Gasteiger charge is 2.21. The summed E-state index contributed by atoms with van der Waals surface area (Å²) < 4.78 is 0. The minimum Gasteiger partial charge on any atom is -0.370 e. The third-order valence-corrected chi connectivity index (χ3v) is 3.59. The highest BCUT2D eigenvalue weighted by atomic mass is 127. The molecule has 5 heteroatoms. The average molecular weight is 357 g/mol. The lowest BCUT2D eigenvalue weighted by Crippen LogP contribution is -2.33. The Bertz CT molecular complexity index is 205. The van der Waals surface area contributed by atoms with E-state index in [2.05, 4.69) is 24.2 Å². The molecule has 0 spiro atoms. The van der Waals surface area contributed by atoms with E-state index >= 15 is 0 Å². The summed E-state index contributed by atoms with van der Waals surface area (Å²) in [6.07, 6.45) is 3.63. The third-order valence-electron chi connectivity index (χ3n) is 2.11. The molecule has 0 bridgehead atoms. The topological polar surface area (TPSA) is 50.4 Å². The molecule has 3 N–H and O–H groups in total. The van der Waals surface area contributed by atoms with Crippen LogP contribution in [0.1, 0.15) is 33.1 Å². The summed E-state index contributed by atoms with van der Waals surface area (Å²) in [4.78, 5) is 4.29. The second kappa shape index (κ2) is 9.39. The zero-order valence-corrected chi connectivity index (χ0v) is 13.4. The van der Waals surface area contributed by atoms with Crippen LogP contribution < -0.4 is 11.1 Å². The van der Waals surface area contributed by atoms with Crippen LogP contribution in [0.5, 0.6) is 0 Å². The maximum atomic E-state index is 5.71. The van der Waals surface area contributed by atoms with Crippen molar-refractivity contribution in [1.29, 1.82) is 0 Å². The SMILES string of the molecule is CC(C)CSCCCN=C(N)NC1CC1.I. The number of nitrogens with zero attached hydrogens (tertiary/aromatic N) is 1. The molecule has 1 aliphatic rings. The third kappa shape index (κ3) is 9.57. The van der Waals surface area contributed by atoms with E-state index in [1.807, 2.05) is 11.8 Å². The molecule has 0 aromatic rings. The van der Waals surface area contributed by atoms with Crippen molar-refractivity contribution in [3.05, 3.63) is 0 Å². The summed E-state index contributed by atoms with van der Waals surface area (Å²) >= 11 is 2.01. The molecular weight excluding hydrogens is 333 g/mol. The molecule has 0 aromatic carbocycles. The molecule has 3 nitrogen and oxygen atoms in total. The number of hydrogen-bond donors (Lipinski definition) is 2. The zero-order valence-electron chi connectivity index (χ0n) is 10.2. The predicted molar refractivity (Wildman–Crippen MR) is 84.8 cm³/mol. The van der Waals surface area contributed by atoms with Gasteiger partial charge in [-0.1, -0.05) is 13.8 Å². The highest BCUT2D eigenvalue weighted by Crippen LogP contribution is 2.17. The molecule has 0 unspecified atom stereocenters. The molecule has 0 atom stereocenters. The Hall–Kier alpha value is 0.350. The average Bonchev–Trinajstić information content (AvgIpc) is 2.94. The second-order valence-electron chi connectivity index (χ2n) is 4.51. The normalized spacial score (nSPS) is 16.1. The van der Waals surface area contributed by atoms with Crippen LogP contribution in [0.3, 0.4) is 0 Å². The molecule has 16 heavy (non-hydrogen) atoms. The zero-order chi connectivity index (χ0) is 11.1. The van der Waals surface area contributed by atoms with Gasteiger partial charge in [0.25, 0.3) is 0 Å². The standard InChI is InChI=1S/C11H23N3S.HI/c1-9(2)8-15-7-3-6-13-11(12)14-10-4-5-10;/h9-10H,3-8H2,1-2H3,(H3,12,13,14);1H. The van der Waals surface area contributed by atoms with Crippen LogP contribution in [0.2, 0.25) is 0 Å². The number of thioether (sulfide) groups is 1. The Morgan fingerprint density at radius 2 is 2.19 bits per heavy atom. The number of nitrogens with one attached hydrogen (secondary N) is 1. The van der Waals surface area contributed by atoms with Gasteiger partial charge in [0.15, 0.2) is 5.96 Å². The van der Waals surface area contributed by atoms with E-state index in [4.69, 9.17) is 5.73 Å². The van der Waals surface area contributed by atoms with Crippen LogP contribution in [0.25, 0.3) is 0 Å². The maximum absolute atomic E-state index is 5.71. The largest absolute Gasteiger partial charge is 0.370 e. The van der Waals surface area contributed by atoms with Crippen molar-refractivity contribution in [2.24, 2.45) is 16.6 Å². The number of rotatable bonds is 7. The minimum absolute atomic E-state index is 0. The quantitative estimate of drug-likeness (QED) is 0.319. The first-order chi connectivity index (χ1) is 7.18. The van der Waals surface area contributed by atoms with Crippen molar-refractivity contribution in [3.8, 4) is 0 Å². The van der Waals surface area contributed by atoms with Gasteiger partial charge in [0.1, 0.15) is 0 Å². The van der Waals surface area contributed by atoms with Crippen molar-refractivity contribution in [2.75, 3.05) is 18.1 Å². The Kier molecular flexibility index (Phi) is 9.59. The summed E-state index contributed by atoms with van der Waals surface area (Å²) in [5, 5.41) is 3.18. The summed E-state index contributed by atoms with van der Waals surface area (Å²) in [5.41, 5.74) is 5.71. The molecule has 1 saturated carbocycles. The lowest BCUT2D eigenvalue weighted by molar-refractivity contribution is 0.749. The van der Waals surface area contributed by atoms with E-state index < -0.39 is 0 Å². The Labute approximate surface area is 120 Å². The molecule has 1 rings (SSSR count). The van der Waals surface area contributed by atoms with Gasteiger partial charge in [0.05, 0.1) is 0 Å². The van der Waals surface area contributed by atoms with E-state index in [-0.39, 0.29) is 24.0 Å². The summed E-state index contributed by atoms with van der Waals surface area (Å²) in [6.45, 7) is 5.36. The second-order valence-corrected chi connectivity index (χ2v) is 5.66. The Morgan fingerprint density at radius 3 is 2.75 bits per heavy atom. The van der Waals surface area contributed by atoms with E-state index in [9.17, 15) is 0 Å². The van der Waals surface area contributed by atoms with E-state index in [1.165, 1.54) is 24.3 Å². The predicted octanol–water partition coefficient (Wildman–Crippen LogP) is 2.45. The van der Waals surface area contributed by atoms with Gasteiger partial charge in [-0.25, -0.2) is 0 Å². The smallest absolute Gasteiger partial charge is 0.188 e. The lowest BCUT2D eigenvalue weighted by atomic mass is 10.3. The number of nitrogens with two attached hydrogens (primary N) is 1. The van der Waals surface area contributed by atoms with Gasteiger partial charge < -0.3 is 11.1 Å². The molecule has 1 aliphatic carbocycles. The van der Waals surface area contributed by atoms with Crippen LogP contribution in [-0.4, -0.2) is 30.1 Å².